The first-order valence-electron chi connectivity index (χ1n) is 5.81. The van der Waals surface area contributed by atoms with Crippen molar-refractivity contribution < 1.29 is 13.6 Å². The largest absolute Gasteiger partial charge is 0.391 e. The van der Waals surface area contributed by atoms with E-state index in [-0.39, 0.29) is 12.2 Å². The number of benzene rings is 2. The zero-order valence-corrected chi connectivity index (χ0v) is 10.4. The highest BCUT2D eigenvalue weighted by molar-refractivity contribution is 5.79. The summed E-state index contributed by atoms with van der Waals surface area (Å²) in [5.41, 5.74) is 2.14. The van der Waals surface area contributed by atoms with Gasteiger partial charge in [-0.05, 0) is 30.7 Å². The second-order valence-electron chi connectivity index (χ2n) is 4.16. The fraction of sp³-hybridized carbons (Fsp3) is 0.133. The highest BCUT2D eigenvalue weighted by Crippen LogP contribution is 2.11. The summed E-state index contributed by atoms with van der Waals surface area (Å²) in [6, 6.07) is 10.9. The minimum atomic E-state index is -0.507. The molecule has 0 aliphatic carbocycles. The van der Waals surface area contributed by atoms with Gasteiger partial charge in [0.15, 0.2) is 0 Å². The van der Waals surface area contributed by atoms with E-state index in [4.69, 9.17) is 4.84 Å². The fourth-order valence-corrected chi connectivity index (χ4v) is 1.61. The van der Waals surface area contributed by atoms with Crippen molar-refractivity contribution >= 4 is 6.21 Å². The highest BCUT2D eigenvalue weighted by atomic mass is 19.1. The van der Waals surface area contributed by atoms with Crippen LogP contribution in [-0.2, 0) is 11.4 Å². The molecule has 0 heterocycles. The van der Waals surface area contributed by atoms with Crippen LogP contribution in [0, 0.1) is 18.6 Å². The summed E-state index contributed by atoms with van der Waals surface area (Å²) in [5, 5.41) is 3.73. The maximum absolute atomic E-state index is 13.3. The summed E-state index contributed by atoms with van der Waals surface area (Å²) in [5.74, 6) is -1.00. The number of oxime groups is 1. The third-order valence-corrected chi connectivity index (χ3v) is 2.55. The van der Waals surface area contributed by atoms with Crippen molar-refractivity contribution in [2.75, 3.05) is 0 Å². The van der Waals surface area contributed by atoms with Gasteiger partial charge in [0.25, 0.3) is 0 Å². The zero-order chi connectivity index (χ0) is 13.7. The topological polar surface area (TPSA) is 21.6 Å². The molecule has 98 valence electrons. The van der Waals surface area contributed by atoms with Gasteiger partial charge in [0.2, 0.25) is 0 Å². The number of hydrogen-bond donors (Lipinski definition) is 0. The Morgan fingerprint density at radius 1 is 1.16 bits per heavy atom. The maximum Gasteiger partial charge on any atom is 0.145 e. The second kappa shape index (κ2) is 6.09. The Balaban J connectivity index is 1.95. The molecule has 0 fully saturated rings. The lowest BCUT2D eigenvalue weighted by Crippen LogP contribution is -1.94. The first-order chi connectivity index (χ1) is 9.15. The van der Waals surface area contributed by atoms with E-state index in [0.29, 0.717) is 0 Å². The number of nitrogens with zero attached hydrogens (tertiary/aromatic N) is 1. The molecule has 0 unspecified atom stereocenters. The molecule has 0 spiro atoms. The molecule has 2 nitrogen and oxygen atoms in total. The van der Waals surface area contributed by atoms with Crippen LogP contribution in [0.25, 0.3) is 0 Å². The van der Waals surface area contributed by atoms with Gasteiger partial charge < -0.3 is 4.84 Å². The lowest BCUT2D eigenvalue weighted by molar-refractivity contribution is 0.129. The quantitative estimate of drug-likeness (QED) is 0.605. The van der Waals surface area contributed by atoms with Gasteiger partial charge in [-0.1, -0.05) is 35.0 Å². The minimum absolute atomic E-state index is 0.105. The van der Waals surface area contributed by atoms with Crippen LogP contribution < -0.4 is 0 Å². The molecule has 2 aromatic carbocycles. The average molecular weight is 261 g/mol. The smallest absolute Gasteiger partial charge is 0.145 e. The van der Waals surface area contributed by atoms with Crippen molar-refractivity contribution in [3.05, 3.63) is 70.8 Å². The van der Waals surface area contributed by atoms with Gasteiger partial charge in [0.05, 0.1) is 6.21 Å². The maximum atomic E-state index is 13.3. The number of aryl methyl sites for hydroxylation is 1. The van der Waals surface area contributed by atoms with Gasteiger partial charge in [-0.25, -0.2) is 8.78 Å². The molecule has 4 heteroatoms. The van der Waals surface area contributed by atoms with Crippen molar-refractivity contribution in [1.29, 1.82) is 0 Å². The average Bonchev–Trinajstić information content (AvgIpc) is 2.39. The predicted molar refractivity (Wildman–Crippen MR) is 69.9 cm³/mol. The van der Waals surface area contributed by atoms with Gasteiger partial charge in [0, 0.05) is 5.56 Å². The standard InChI is InChI=1S/C15H13F2NO/c1-11-3-2-4-12(7-11)9-18-19-10-13-8-14(16)5-6-15(13)17/h2-9H,10H2,1H3. The van der Waals surface area contributed by atoms with Gasteiger partial charge in [-0.3, -0.25) is 0 Å². The molecule has 2 rings (SSSR count). The zero-order valence-electron chi connectivity index (χ0n) is 10.4. The molecule has 19 heavy (non-hydrogen) atoms. The monoisotopic (exact) mass is 261 g/mol. The first kappa shape index (κ1) is 13.2. The van der Waals surface area contributed by atoms with E-state index >= 15 is 0 Å². The van der Waals surface area contributed by atoms with Crippen LogP contribution >= 0.6 is 0 Å². The van der Waals surface area contributed by atoms with E-state index in [0.717, 1.165) is 29.3 Å². The molecular weight excluding hydrogens is 248 g/mol. The van der Waals surface area contributed by atoms with Gasteiger partial charge in [0.1, 0.15) is 18.2 Å². The molecule has 0 N–H and O–H groups in total. The van der Waals surface area contributed by atoms with E-state index in [9.17, 15) is 8.78 Å². The summed E-state index contributed by atoms with van der Waals surface area (Å²) in [6.07, 6.45) is 1.53. The van der Waals surface area contributed by atoms with E-state index < -0.39 is 11.6 Å². The Kier molecular flexibility index (Phi) is 4.23. The third kappa shape index (κ3) is 3.88. The van der Waals surface area contributed by atoms with Crippen molar-refractivity contribution in [3.8, 4) is 0 Å². The molecular formula is C15H13F2NO. The van der Waals surface area contributed by atoms with E-state index in [1.807, 2.05) is 31.2 Å². The van der Waals surface area contributed by atoms with Crippen molar-refractivity contribution in [2.24, 2.45) is 5.16 Å². The van der Waals surface area contributed by atoms with Crippen LogP contribution in [-0.4, -0.2) is 6.21 Å². The summed E-state index contributed by atoms with van der Waals surface area (Å²) >= 11 is 0. The van der Waals surface area contributed by atoms with Crippen LogP contribution in [0.1, 0.15) is 16.7 Å². The van der Waals surface area contributed by atoms with E-state index in [2.05, 4.69) is 5.16 Å². The molecule has 0 amide bonds. The molecule has 0 aliphatic rings. The molecule has 0 bridgehead atoms. The van der Waals surface area contributed by atoms with Gasteiger partial charge in [-0.15, -0.1) is 0 Å². The van der Waals surface area contributed by atoms with Crippen molar-refractivity contribution in [3.63, 3.8) is 0 Å². The molecule has 0 aromatic heterocycles. The molecule has 2 aromatic rings. The Hall–Kier alpha value is -2.23. The van der Waals surface area contributed by atoms with Gasteiger partial charge >= 0.3 is 0 Å². The highest BCUT2D eigenvalue weighted by Gasteiger charge is 2.03. The van der Waals surface area contributed by atoms with E-state index in [1.165, 1.54) is 6.21 Å². The van der Waals surface area contributed by atoms with Crippen LogP contribution in [0.5, 0.6) is 0 Å². The molecule has 0 aliphatic heterocycles. The molecule has 0 radical (unpaired) electrons. The van der Waals surface area contributed by atoms with Crippen LogP contribution in [0.4, 0.5) is 8.78 Å². The van der Waals surface area contributed by atoms with Crippen LogP contribution in [0.15, 0.2) is 47.6 Å². The Bertz CT molecular complexity index is 596. The van der Waals surface area contributed by atoms with E-state index in [1.54, 1.807) is 0 Å². The second-order valence-corrected chi connectivity index (χ2v) is 4.16. The summed E-state index contributed by atoms with van der Waals surface area (Å²) in [7, 11) is 0. The normalized spacial score (nSPS) is 10.9. The Morgan fingerprint density at radius 3 is 2.79 bits per heavy atom. The fourth-order valence-electron chi connectivity index (χ4n) is 1.61. The molecule has 0 saturated carbocycles. The van der Waals surface area contributed by atoms with Crippen LogP contribution in [0.3, 0.4) is 0 Å². The molecule has 0 atom stereocenters. The lowest BCUT2D eigenvalue weighted by atomic mass is 10.2. The Labute approximate surface area is 110 Å². The SMILES string of the molecule is Cc1cccc(C=NOCc2cc(F)ccc2F)c1. The lowest BCUT2D eigenvalue weighted by Gasteiger charge is -2.02. The number of rotatable bonds is 4. The first-order valence-corrected chi connectivity index (χ1v) is 5.81. The van der Waals surface area contributed by atoms with Gasteiger partial charge in [-0.2, -0.15) is 0 Å². The number of halogens is 2. The predicted octanol–water partition coefficient (Wildman–Crippen LogP) is 3.82. The minimum Gasteiger partial charge on any atom is -0.391 e. The van der Waals surface area contributed by atoms with Crippen LogP contribution in [0.2, 0.25) is 0 Å². The summed E-state index contributed by atoms with van der Waals surface area (Å²) < 4.78 is 26.2. The summed E-state index contributed by atoms with van der Waals surface area (Å²) in [6.45, 7) is 1.87. The third-order valence-electron chi connectivity index (χ3n) is 2.55. The number of hydrogen-bond acceptors (Lipinski definition) is 2. The van der Waals surface area contributed by atoms with Crippen molar-refractivity contribution in [1.82, 2.24) is 0 Å². The summed E-state index contributed by atoms with van der Waals surface area (Å²) in [4.78, 5) is 4.96. The molecule has 0 saturated heterocycles. The Morgan fingerprint density at radius 2 is 2.00 bits per heavy atom. The van der Waals surface area contributed by atoms with Crippen molar-refractivity contribution in [2.45, 2.75) is 13.5 Å².